The number of non-ortho nitro benzene ring substituents is 1. The van der Waals surface area contributed by atoms with Crippen molar-refractivity contribution in [2.45, 2.75) is 6.42 Å². The number of methoxy groups -OCH3 is 1. The molecule has 0 N–H and O–H groups in total. The number of azide groups is 1. The molecule has 0 heterocycles. The number of rotatable bonds is 5. The van der Waals surface area contributed by atoms with E-state index in [0.717, 1.165) is 0 Å². The van der Waals surface area contributed by atoms with Crippen molar-refractivity contribution in [2.75, 3.05) is 7.11 Å². The molecule has 21 heavy (non-hydrogen) atoms. The standard InChI is InChI=1S/C13H10N4O4/c1-3-4-9(13(18)21-2)7-10-8-11(17(19)20)5-6-12(10)15-16-14/h1,5-8H,4H2,2H3/b9-7+. The highest BCUT2D eigenvalue weighted by Gasteiger charge is 2.13. The van der Waals surface area contributed by atoms with Crippen LogP contribution in [0.3, 0.4) is 0 Å². The predicted octanol–water partition coefficient (Wildman–Crippen LogP) is 3.12. The molecule has 0 saturated carbocycles. The number of nitrogens with zero attached hydrogens (tertiary/aromatic N) is 4. The molecule has 0 unspecified atom stereocenters. The Labute approximate surface area is 119 Å². The average Bonchev–Trinajstić information content (AvgIpc) is 2.47. The van der Waals surface area contributed by atoms with Crippen LogP contribution in [-0.2, 0) is 9.53 Å². The highest BCUT2D eigenvalue weighted by molar-refractivity contribution is 5.95. The molecular weight excluding hydrogens is 276 g/mol. The van der Waals surface area contributed by atoms with Gasteiger partial charge in [-0.15, -0.1) is 12.3 Å². The molecule has 8 nitrogen and oxygen atoms in total. The number of terminal acetylenes is 1. The van der Waals surface area contributed by atoms with Crippen LogP contribution in [0.15, 0.2) is 28.9 Å². The first kappa shape index (κ1) is 15.8. The topological polar surface area (TPSA) is 118 Å². The van der Waals surface area contributed by atoms with E-state index >= 15 is 0 Å². The summed E-state index contributed by atoms with van der Waals surface area (Å²) >= 11 is 0. The molecule has 8 heteroatoms. The number of carbonyl (C=O) groups excluding carboxylic acids is 1. The third-order valence-electron chi connectivity index (χ3n) is 2.44. The van der Waals surface area contributed by atoms with Crippen LogP contribution in [0.1, 0.15) is 12.0 Å². The van der Waals surface area contributed by atoms with Crippen LogP contribution < -0.4 is 0 Å². The Morgan fingerprint density at radius 2 is 2.38 bits per heavy atom. The largest absolute Gasteiger partial charge is 0.466 e. The first-order valence-corrected chi connectivity index (χ1v) is 5.59. The Bertz CT molecular complexity index is 697. The van der Waals surface area contributed by atoms with Crippen molar-refractivity contribution in [3.63, 3.8) is 0 Å². The van der Waals surface area contributed by atoms with Crippen LogP contribution >= 0.6 is 0 Å². The van der Waals surface area contributed by atoms with Crippen molar-refractivity contribution in [1.29, 1.82) is 0 Å². The van der Waals surface area contributed by atoms with E-state index in [1.165, 1.54) is 31.4 Å². The van der Waals surface area contributed by atoms with Crippen LogP contribution in [0.2, 0.25) is 0 Å². The Hall–Kier alpha value is -3.30. The van der Waals surface area contributed by atoms with E-state index < -0.39 is 10.9 Å². The number of hydrogen-bond acceptors (Lipinski definition) is 5. The zero-order valence-corrected chi connectivity index (χ0v) is 11.0. The van der Waals surface area contributed by atoms with E-state index in [9.17, 15) is 14.9 Å². The molecule has 0 aromatic heterocycles. The Kier molecular flexibility index (Phi) is 5.50. The Morgan fingerprint density at radius 3 is 2.90 bits per heavy atom. The summed E-state index contributed by atoms with van der Waals surface area (Å²) in [6, 6.07) is 3.66. The number of nitro benzene ring substituents is 1. The number of ether oxygens (including phenoxy) is 1. The second-order valence-electron chi connectivity index (χ2n) is 3.73. The fourth-order valence-corrected chi connectivity index (χ4v) is 1.52. The molecule has 0 aliphatic carbocycles. The first-order valence-electron chi connectivity index (χ1n) is 5.59. The van der Waals surface area contributed by atoms with Gasteiger partial charge in [0.05, 0.1) is 12.0 Å². The van der Waals surface area contributed by atoms with Crippen LogP contribution in [0, 0.1) is 22.5 Å². The summed E-state index contributed by atoms with van der Waals surface area (Å²) in [5, 5.41) is 14.2. The summed E-state index contributed by atoms with van der Waals surface area (Å²) in [6.45, 7) is 0. The molecule has 0 saturated heterocycles. The van der Waals surface area contributed by atoms with Crippen LogP contribution in [-0.4, -0.2) is 18.0 Å². The van der Waals surface area contributed by atoms with E-state index in [0.29, 0.717) is 0 Å². The quantitative estimate of drug-likeness (QED) is 0.121. The summed E-state index contributed by atoms with van der Waals surface area (Å²) in [4.78, 5) is 24.4. The van der Waals surface area contributed by atoms with Crippen molar-refractivity contribution in [3.05, 3.63) is 49.9 Å². The van der Waals surface area contributed by atoms with Crippen molar-refractivity contribution in [1.82, 2.24) is 0 Å². The number of nitro groups is 1. The van der Waals surface area contributed by atoms with Gasteiger partial charge in [0.1, 0.15) is 0 Å². The van der Waals surface area contributed by atoms with E-state index in [2.05, 4.69) is 20.7 Å². The van der Waals surface area contributed by atoms with Crippen molar-refractivity contribution >= 4 is 23.4 Å². The van der Waals surface area contributed by atoms with E-state index in [1.807, 2.05) is 0 Å². The number of hydrogen-bond donors (Lipinski definition) is 0. The lowest BCUT2D eigenvalue weighted by atomic mass is 10.1. The predicted molar refractivity (Wildman–Crippen MR) is 75.3 cm³/mol. The molecule has 0 radical (unpaired) electrons. The second-order valence-corrected chi connectivity index (χ2v) is 3.73. The van der Waals surface area contributed by atoms with Gasteiger partial charge in [0.2, 0.25) is 0 Å². The first-order chi connectivity index (χ1) is 10.0. The lowest BCUT2D eigenvalue weighted by Gasteiger charge is -2.04. The summed E-state index contributed by atoms with van der Waals surface area (Å²) in [5.74, 6) is 1.62. The second kappa shape index (κ2) is 7.33. The molecule has 106 valence electrons. The van der Waals surface area contributed by atoms with Gasteiger partial charge >= 0.3 is 5.97 Å². The number of benzene rings is 1. The van der Waals surface area contributed by atoms with Crippen LogP contribution in [0.4, 0.5) is 11.4 Å². The molecule has 1 aromatic rings. The van der Waals surface area contributed by atoms with Crippen molar-refractivity contribution in [2.24, 2.45) is 5.11 Å². The van der Waals surface area contributed by atoms with Gasteiger partial charge in [-0.3, -0.25) is 10.1 Å². The van der Waals surface area contributed by atoms with Gasteiger partial charge in [0.15, 0.2) is 0 Å². The molecule has 0 aliphatic rings. The van der Waals surface area contributed by atoms with Crippen molar-refractivity contribution < 1.29 is 14.5 Å². The third kappa shape index (κ3) is 4.09. The molecule has 0 fully saturated rings. The molecule has 0 amide bonds. The minimum Gasteiger partial charge on any atom is -0.466 e. The lowest BCUT2D eigenvalue weighted by molar-refractivity contribution is -0.384. The highest BCUT2D eigenvalue weighted by Crippen LogP contribution is 2.27. The van der Waals surface area contributed by atoms with Gasteiger partial charge in [-0.25, -0.2) is 4.79 Å². The molecule has 1 aromatic carbocycles. The Balaban J connectivity index is 3.46. The number of carbonyl (C=O) groups is 1. The monoisotopic (exact) mass is 286 g/mol. The van der Waals surface area contributed by atoms with Crippen molar-refractivity contribution in [3.8, 4) is 12.3 Å². The van der Waals surface area contributed by atoms with Gasteiger partial charge in [-0.2, -0.15) is 0 Å². The van der Waals surface area contributed by atoms with Crippen LogP contribution in [0.5, 0.6) is 0 Å². The normalized spacial score (nSPS) is 10.2. The SMILES string of the molecule is C#CC/C(=C\c1cc([N+](=O)[O-])ccc1N=[N+]=[N-])C(=O)OC. The zero-order chi connectivity index (χ0) is 15.8. The summed E-state index contributed by atoms with van der Waals surface area (Å²) in [5.41, 5.74) is 8.76. The summed E-state index contributed by atoms with van der Waals surface area (Å²) in [6.07, 6.45) is 6.45. The van der Waals surface area contributed by atoms with E-state index in [4.69, 9.17) is 12.0 Å². The molecule has 0 spiro atoms. The summed E-state index contributed by atoms with van der Waals surface area (Å²) < 4.78 is 4.57. The number of esters is 1. The fraction of sp³-hybridized carbons (Fsp3) is 0.154. The van der Waals surface area contributed by atoms with Gasteiger partial charge in [0, 0.05) is 34.7 Å². The third-order valence-corrected chi connectivity index (χ3v) is 2.44. The Morgan fingerprint density at radius 1 is 1.67 bits per heavy atom. The van der Waals surface area contributed by atoms with Gasteiger partial charge in [-0.05, 0) is 23.2 Å². The average molecular weight is 286 g/mol. The van der Waals surface area contributed by atoms with Gasteiger partial charge in [0.25, 0.3) is 5.69 Å². The minimum absolute atomic E-state index is 0.0227. The van der Waals surface area contributed by atoms with Gasteiger partial charge in [-0.1, -0.05) is 5.11 Å². The molecular formula is C13H10N4O4. The van der Waals surface area contributed by atoms with E-state index in [-0.39, 0.29) is 28.9 Å². The lowest BCUT2D eigenvalue weighted by Crippen LogP contribution is -2.04. The molecule has 0 aliphatic heterocycles. The molecule has 1 rings (SSSR count). The summed E-state index contributed by atoms with van der Waals surface area (Å²) in [7, 11) is 1.19. The maximum absolute atomic E-state index is 11.6. The fourth-order valence-electron chi connectivity index (χ4n) is 1.52. The molecule has 0 atom stereocenters. The highest BCUT2D eigenvalue weighted by atomic mass is 16.6. The maximum atomic E-state index is 11.6. The van der Waals surface area contributed by atoms with E-state index in [1.54, 1.807) is 0 Å². The van der Waals surface area contributed by atoms with Gasteiger partial charge < -0.3 is 4.74 Å². The zero-order valence-electron chi connectivity index (χ0n) is 11.0. The minimum atomic E-state index is -0.661. The van der Waals surface area contributed by atoms with Crippen LogP contribution in [0.25, 0.3) is 16.5 Å². The smallest absolute Gasteiger partial charge is 0.334 e. The maximum Gasteiger partial charge on any atom is 0.334 e. The molecule has 0 bridgehead atoms.